The highest BCUT2D eigenvalue weighted by atomic mass is 19.1. The van der Waals surface area contributed by atoms with Crippen LogP contribution in [0.25, 0.3) is 0 Å². The van der Waals surface area contributed by atoms with E-state index in [-0.39, 0.29) is 11.7 Å². The second kappa shape index (κ2) is 6.47. The molecule has 1 fully saturated rings. The quantitative estimate of drug-likeness (QED) is 0.860. The molecule has 0 spiro atoms. The van der Waals surface area contributed by atoms with E-state index in [1.165, 1.54) is 12.1 Å². The highest BCUT2D eigenvalue weighted by Gasteiger charge is 2.15. The van der Waals surface area contributed by atoms with Crippen LogP contribution in [0.15, 0.2) is 24.3 Å². The van der Waals surface area contributed by atoms with Crippen LogP contribution in [0.4, 0.5) is 4.39 Å². The molecule has 0 atom stereocenters. The minimum absolute atomic E-state index is 0.0837. The molecule has 1 heterocycles. The summed E-state index contributed by atoms with van der Waals surface area (Å²) in [6.45, 7) is 3.43. The fraction of sp³-hybridized carbons (Fsp3) is 0.462. The SMILES string of the molecule is O=C(CNCc1ccc(F)cc1)N1CCOCC1. The first-order chi connectivity index (χ1) is 8.75. The highest BCUT2D eigenvalue weighted by Crippen LogP contribution is 2.02. The second-order valence-corrected chi connectivity index (χ2v) is 4.22. The number of morpholine rings is 1. The molecule has 18 heavy (non-hydrogen) atoms. The number of benzene rings is 1. The van der Waals surface area contributed by atoms with Gasteiger partial charge in [-0.2, -0.15) is 0 Å². The lowest BCUT2D eigenvalue weighted by atomic mass is 10.2. The molecule has 1 N–H and O–H groups in total. The molecule has 1 aliphatic heterocycles. The van der Waals surface area contributed by atoms with Crippen LogP contribution in [0.2, 0.25) is 0 Å². The van der Waals surface area contributed by atoms with Gasteiger partial charge in [-0.3, -0.25) is 4.79 Å². The molecule has 0 bridgehead atoms. The molecule has 1 amide bonds. The number of halogens is 1. The predicted octanol–water partition coefficient (Wildman–Crippen LogP) is 0.774. The molecule has 1 aromatic carbocycles. The predicted molar refractivity (Wildman–Crippen MR) is 65.5 cm³/mol. The van der Waals surface area contributed by atoms with Crippen LogP contribution in [0.3, 0.4) is 0 Å². The zero-order valence-corrected chi connectivity index (χ0v) is 10.2. The molecule has 1 saturated heterocycles. The van der Waals surface area contributed by atoms with Crippen molar-refractivity contribution < 1.29 is 13.9 Å². The Hall–Kier alpha value is -1.46. The summed E-state index contributed by atoms with van der Waals surface area (Å²) in [6.07, 6.45) is 0. The maximum Gasteiger partial charge on any atom is 0.236 e. The average Bonchev–Trinajstić information content (AvgIpc) is 2.42. The van der Waals surface area contributed by atoms with Crippen molar-refractivity contribution in [3.63, 3.8) is 0 Å². The number of carbonyl (C=O) groups is 1. The van der Waals surface area contributed by atoms with Crippen molar-refractivity contribution in [3.8, 4) is 0 Å². The first-order valence-electron chi connectivity index (χ1n) is 6.06. The molecular weight excluding hydrogens is 235 g/mol. The molecule has 0 radical (unpaired) electrons. The van der Waals surface area contributed by atoms with Gasteiger partial charge < -0.3 is 15.0 Å². The maximum absolute atomic E-state index is 12.7. The lowest BCUT2D eigenvalue weighted by Crippen LogP contribution is -2.44. The van der Waals surface area contributed by atoms with Gasteiger partial charge in [-0.1, -0.05) is 12.1 Å². The van der Waals surface area contributed by atoms with Crippen molar-refractivity contribution in [2.75, 3.05) is 32.8 Å². The summed E-state index contributed by atoms with van der Waals surface area (Å²) in [6, 6.07) is 6.25. The molecule has 0 aromatic heterocycles. The molecule has 0 aliphatic carbocycles. The van der Waals surface area contributed by atoms with E-state index in [2.05, 4.69) is 5.32 Å². The van der Waals surface area contributed by atoms with Crippen LogP contribution in [-0.4, -0.2) is 43.7 Å². The summed E-state index contributed by atoms with van der Waals surface area (Å²) in [4.78, 5) is 13.6. The number of nitrogens with one attached hydrogen (secondary N) is 1. The van der Waals surface area contributed by atoms with Crippen LogP contribution < -0.4 is 5.32 Å². The van der Waals surface area contributed by atoms with Gasteiger partial charge in [0.15, 0.2) is 0 Å². The smallest absolute Gasteiger partial charge is 0.236 e. The van der Waals surface area contributed by atoms with E-state index < -0.39 is 0 Å². The monoisotopic (exact) mass is 252 g/mol. The van der Waals surface area contributed by atoms with Crippen molar-refractivity contribution in [2.45, 2.75) is 6.54 Å². The van der Waals surface area contributed by atoms with Crippen molar-refractivity contribution in [1.82, 2.24) is 10.2 Å². The Morgan fingerprint density at radius 1 is 1.28 bits per heavy atom. The van der Waals surface area contributed by atoms with E-state index in [1.807, 2.05) is 0 Å². The Bertz CT molecular complexity index is 388. The van der Waals surface area contributed by atoms with Crippen LogP contribution in [0.1, 0.15) is 5.56 Å². The van der Waals surface area contributed by atoms with Crippen LogP contribution in [0, 0.1) is 5.82 Å². The van der Waals surface area contributed by atoms with Crippen molar-refractivity contribution >= 4 is 5.91 Å². The van der Waals surface area contributed by atoms with E-state index in [9.17, 15) is 9.18 Å². The standard InChI is InChI=1S/C13H17FN2O2/c14-12-3-1-11(2-4-12)9-15-10-13(17)16-5-7-18-8-6-16/h1-4,15H,5-10H2. The lowest BCUT2D eigenvalue weighted by molar-refractivity contribution is -0.134. The molecule has 4 nitrogen and oxygen atoms in total. The molecule has 0 unspecified atom stereocenters. The summed E-state index contributed by atoms with van der Waals surface area (Å²) < 4.78 is 17.9. The summed E-state index contributed by atoms with van der Waals surface area (Å²) in [5.74, 6) is -0.163. The van der Waals surface area contributed by atoms with E-state index in [1.54, 1.807) is 17.0 Å². The van der Waals surface area contributed by atoms with Crippen LogP contribution in [0.5, 0.6) is 0 Å². The zero-order valence-electron chi connectivity index (χ0n) is 10.2. The van der Waals surface area contributed by atoms with E-state index in [0.717, 1.165) is 5.56 Å². The number of hydrogen-bond acceptors (Lipinski definition) is 3. The van der Waals surface area contributed by atoms with Gasteiger partial charge in [-0.15, -0.1) is 0 Å². The van der Waals surface area contributed by atoms with Crippen molar-refractivity contribution in [1.29, 1.82) is 0 Å². The van der Waals surface area contributed by atoms with Gasteiger partial charge >= 0.3 is 0 Å². The van der Waals surface area contributed by atoms with Crippen LogP contribution in [-0.2, 0) is 16.1 Å². The Balaban J connectivity index is 1.71. The van der Waals surface area contributed by atoms with Gasteiger partial charge in [-0.05, 0) is 17.7 Å². The Morgan fingerprint density at radius 3 is 2.61 bits per heavy atom. The number of nitrogens with zero attached hydrogens (tertiary/aromatic N) is 1. The highest BCUT2D eigenvalue weighted by molar-refractivity contribution is 5.78. The third kappa shape index (κ3) is 3.78. The minimum atomic E-state index is -0.247. The van der Waals surface area contributed by atoms with Crippen molar-refractivity contribution in [2.24, 2.45) is 0 Å². The lowest BCUT2D eigenvalue weighted by Gasteiger charge is -2.26. The first-order valence-corrected chi connectivity index (χ1v) is 6.06. The molecule has 98 valence electrons. The van der Waals surface area contributed by atoms with E-state index in [4.69, 9.17) is 4.74 Å². The molecule has 5 heteroatoms. The van der Waals surface area contributed by atoms with Gasteiger partial charge in [0.25, 0.3) is 0 Å². The van der Waals surface area contributed by atoms with Gasteiger partial charge in [0, 0.05) is 19.6 Å². The normalized spacial score (nSPS) is 15.7. The fourth-order valence-corrected chi connectivity index (χ4v) is 1.84. The molecule has 1 aliphatic rings. The topological polar surface area (TPSA) is 41.6 Å². The largest absolute Gasteiger partial charge is 0.378 e. The number of amides is 1. The van der Waals surface area contributed by atoms with Gasteiger partial charge in [0.2, 0.25) is 5.91 Å². The Labute approximate surface area is 106 Å². The van der Waals surface area contributed by atoms with E-state index in [0.29, 0.717) is 39.4 Å². The van der Waals surface area contributed by atoms with Gasteiger partial charge in [0.05, 0.1) is 19.8 Å². The third-order valence-corrected chi connectivity index (χ3v) is 2.88. The van der Waals surface area contributed by atoms with E-state index >= 15 is 0 Å². The molecule has 1 aromatic rings. The van der Waals surface area contributed by atoms with Crippen molar-refractivity contribution in [3.05, 3.63) is 35.6 Å². The Kier molecular flexibility index (Phi) is 4.66. The maximum atomic E-state index is 12.7. The minimum Gasteiger partial charge on any atom is -0.378 e. The first kappa shape index (κ1) is 13.0. The molecular formula is C13H17FN2O2. The average molecular weight is 252 g/mol. The zero-order chi connectivity index (χ0) is 12.8. The number of carbonyl (C=O) groups excluding carboxylic acids is 1. The van der Waals surface area contributed by atoms with Gasteiger partial charge in [0.1, 0.15) is 5.82 Å². The number of ether oxygens (including phenoxy) is 1. The molecule has 0 saturated carbocycles. The Morgan fingerprint density at radius 2 is 1.94 bits per heavy atom. The second-order valence-electron chi connectivity index (χ2n) is 4.22. The summed E-state index contributed by atoms with van der Waals surface area (Å²) in [5.41, 5.74) is 0.964. The molecule has 2 rings (SSSR count). The summed E-state index contributed by atoms with van der Waals surface area (Å²) >= 11 is 0. The number of hydrogen-bond donors (Lipinski definition) is 1. The number of rotatable bonds is 4. The summed E-state index contributed by atoms with van der Waals surface area (Å²) in [5, 5.41) is 3.06. The summed E-state index contributed by atoms with van der Waals surface area (Å²) in [7, 11) is 0. The van der Waals surface area contributed by atoms with Gasteiger partial charge in [-0.25, -0.2) is 4.39 Å². The fourth-order valence-electron chi connectivity index (χ4n) is 1.84. The third-order valence-electron chi connectivity index (χ3n) is 2.88. The van der Waals surface area contributed by atoms with Crippen LogP contribution >= 0.6 is 0 Å².